The number of fused-ring (bicyclic) bond motifs is 1. The van der Waals surface area contributed by atoms with Crippen LogP contribution in [0.5, 0.6) is 0 Å². The van der Waals surface area contributed by atoms with Gasteiger partial charge in [0.15, 0.2) is 0 Å². The predicted octanol–water partition coefficient (Wildman–Crippen LogP) is 4.70. The molecule has 2 amide bonds. The van der Waals surface area contributed by atoms with Crippen molar-refractivity contribution in [3.8, 4) is 11.3 Å². The van der Waals surface area contributed by atoms with Crippen LogP contribution in [0, 0.1) is 12.7 Å². The number of primary amides is 1. The number of benzene rings is 3. The number of carbonyl (C=O) groups excluding carboxylic acids is 2. The lowest BCUT2D eigenvalue weighted by Crippen LogP contribution is -2.16. The Hall–Kier alpha value is -4.06. The second-order valence-corrected chi connectivity index (χ2v) is 6.95. The van der Waals surface area contributed by atoms with Gasteiger partial charge in [-0.15, -0.1) is 0 Å². The fraction of sp³-hybridized carbons (Fsp3) is 0.0417. The minimum absolute atomic E-state index is 0.271. The Morgan fingerprint density at radius 3 is 2.40 bits per heavy atom. The minimum Gasteiger partial charge on any atom is -0.366 e. The number of carbonyl (C=O) groups is 2. The standard InChI is InChI=1S/C24H18FN3O2/c1-14-6-8-15(9-7-14)22-13-18(17-4-2-3-5-21(17)28-22)24(30)27-16-10-11-20(25)19(12-16)23(26)29/h2-13H,1H3,(H2,26,29)(H,27,30). The highest BCUT2D eigenvalue weighted by molar-refractivity contribution is 6.13. The van der Waals surface area contributed by atoms with E-state index < -0.39 is 17.6 Å². The van der Waals surface area contributed by atoms with E-state index in [1.165, 1.54) is 12.1 Å². The largest absolute Gasteiger partial charge is 0.366 e. The third-order valence-electron chi connectivity index (χ3n) is 4.80. The lowest BCUT2D eigenvalue weighted by Gasteiger charge is -2.11. The van der Waals surface area contributed by atoms with Gasteiger partial charge in [0.05, 0.1) is 22.3 Å². The molecule has 3 N–H and O–H groups in total. The molecule has 0 radical (unpaired) electrons. The lowest BCUT2D eigenvalue weighted by molar-refractivity contribution is 0.0992. The fourth-order valence-corrected chi connectivity index (χ4v) is 3.23. The second kappa shape index (κ2) is 7.75. The van der Waals surface area contributed by atoms with Crippen molar-refractivity contribution in [2.24, 2.45) is 5.73 Å². The van der Waals surface area contributed by atoms with Crippen LogP contribution >= 0.6 is 0 Å². The van der Waals surface area contributed by atoms with Gasteiger partial charge in [0.2, 0.25) is 0 Å². The van der Waals surface area contributed by atoms with Crippen LogP contribution in [0.25, 0.3) is 22.2 Å². The number of pyridine rings is 1. The highest BCUT2D eigenvalue weighted by Gasteiger charge is 2.16. The topological polar surface area (TPSA) is 85.1 Å². The summed E-state index contributed by atoms with van der Waals surface area (Å²) in [5.74, 6) is -2.04. The fourth-order valence-electron chi connectivity index (χ4n) is 3.23. The van der Waals surface area contributed by atoms with Crippen molar-refractivity contribution in [1.82, 2.24) is 4.98 Å². The van der Waals surface area contributed by atoms with Gasteiger partial charge >= 0.3 is 0 Å². The number of aryl methyl sites for hydroxylation is 1. The quantitative estimate of drug-likeness (QED) is 0.522. The number of nitrogens with one attached hydrogen (secondary N) is 1. The molecule has 0 bridgehead atoms. The van der Waals surface area contributed by atoms with Crippen LogP contribution in [0.4, 0.5) is 10.1 Å². The minimum atomic E-state index is -0.903. The maximum absolute atomic E-state index is 13.7. The molecule has 30 heavy (non-hydrogen) atoms. The van der Waals surface area contributed by atoms with Gasteiger partial charge in [0.25, 0.3) is 11.8 Å². The number of aromatic nitrogens is 1. The summed E-state index contributed by atoms with van der Waals surface area (Å²) in [6.45, 7) is 2.00. The third-order valence-corrected chi connectivity index (χ3v) is 4.80. The third kappa shape index (κ3) is 3.75. The summed E-state index contributed by atoms with van der Waals surface area (Å²) in [4.78, 5) is 29.2. The van der Waals surface area contributed by atoms with Crippen molar-refractivity contribution < 1.29 is 14.0 Å². The molecule has 0 aliphatic carbocycles. The van der Waals surface area contributed by atoms with Gasteiger partial charge in [0, 0.05) is 16.6 Å². The van der Waals surface area contributed by atoms with E-state index in [9.17, 15) is 14.0 Å². The summed E-state index contributed by atoms with van der Waals surface area (Å²) in [5, 5.41) is 3.40. The molecule has 4 rings (SSSR count). The molecule has 0 spiro atoms. The Labute approximate surface area is 172 Å². The number of anilines is 1. The molecule has 0 saturated carbocycles. The van der Waals surface area contributed by atoms with Crippen LogP contribution in [0.15, 0.2) is 72.8 Å². The summed E-state index contributed by atoms with van der Waals surface area (Å²) < 4.78 is 13.7. The molecule has 0 unspecified atom stereocenters. The molecular weight excluding hydrogens is 381 g/mol. The molecule has 0 aliphatic rings. The van der Waals surface area contributed by atoms with Crippen molar-refractivity contribution >= 4 is 28.4 Å². The molecule has 1 aromatic heterocycles. The first kappa shape index (κ1) is 19.3. The van der Waals surface area contributed by atoms with Crippen molar-refractivity contribution in [2.45, 2.75) is 6.92 Å². The van der Waals surface area contributed by atoms with Gasteiger partial charge in [-0.1, -0.05) is 48.0 Å². The average Bonchev–Trinajstić information content (AvgIpc) is 2.74. The molecule has 6 heteroatoms. The van der Waals surface area contributed by atoms with Gasteiger partial charge in [0.1, 0.15) is 5.82 Å². The molecule has 0 atom stereocenters. The zero-order chi connectivity index (χ0) is 21.3. The van der Waals surface area contributed by atoms with Gasteiger partial charge in [-0.05, 0) is 37.3 Å². The van der Waals surface area contributed by atoms with E-state index in [0.29, 0.717) is 22.2 Å². The Kier molecular flexibility index (Phi) is 4.98. The summed E-state index contributed by atoms with van der Waals surface area (Å²) in [6, 6.07) is 20.6. The average molecular weight is 399 g/mol. The maximum atomic E-state index is 13.7. The van der Waals surface area contributed by atoms with Crippen LogP contribution in [0.3, 0.4) is 0 Å². The summed E-state index contributed by atoms with van der Waals surface area (Å²) in [6.07, 6.45) is 0. The van der Waals surface area contributed by atoms with E-state index in [4.69, 9.17) is 5.73 Å². The van der Waals surface area contributed by atoms with E-state index in [0.717, 1.165) is 17.2 Å². The molecule has 1 heterocycles. The highest BCUT2D eigenvalue weighted by Crippen LogP contribution is 2.26. The van der Waals surface area contributed by atoms with E-state index in [1.807, 2.05) is 55.5 Å². The molecule has 0 fully saturated rings. The zero-order valence-corrected chi connectivity index (χ0v) is 16.1. The molecule has 0 saturated heterocycles. The van der Waals surface area contributed by atoms with E-state index in [1.54, 1.807) is 6.07 Å². The van der Waals surface area contributed by atoms with Gasteiger partial charge in [-0.25, -0.2) is 9.37 Å². The monoisotopic (exact) mass is 399 g/mol. The second-order valence-electron chi connectivity index (χ2n) is 6.95. The summed E-state index contributed by atoms with van der Waals surface area (Å²) in [5.41, 5.74) is 8.95. The normalized spacial score (nSPS) is 10.7. The van der Waals surface area contributed by atoms with Crippen molar-refractivity contribution in [1.29, 1.82) is 0 Å². The Morgan fingerprint density at radius 2 is 1.67 bits per heavy atom. The van der Waals surface area contributed by atoms with Crippen LogP contribution in [0.1, 0.15) is 26.3 Å². The molecule has 148 valence electrons. The van der Waals surface area contributed by atoms with E-state index in [-0.39, 0.29) is 11.3 Å². The smallest absolute Gasteiger partial charge is 0.256 e. The first-order valence-corrected chi connectivity index (χ1v) is 9.30. The van der Waals surface area contributed by atoms with Crippen molar-refractivity contribution in [3.63, 3.8) is 0 Å². The number of hydrogen-bond acceptors (Lipinski definition) is 3. The molecule has 0 aliphatic heterocycles. The summed E-state index contributed by atoms with van der Waals surface area (Å²) >= 11 is 0. The van der Waals surface area contributed by atoms with Crippen molar-refractivity contribution in [3.05, 3.63) is 95.3 Å². The molecule has 4 aromatic rings. The molecular formula is C24H18FN3O2. The van der Waals surface area contributed by atoms with Gasteiger partial charge < -0.3 is 11.1 Å². The maximum Gasteiger partial charge on any atom is 0.256 e. The lowest BCUT2D eigenvalue weighted by atomic mass is 10.0. The Balaban J connectivity index is 1.77. The van der Waals surface area contributed by atoms with Gasteiger partial charge in [-0.2, -0.15) is 0 Å². The Bertz CT molecular complexity index is 1280. The van der Waals surface area contributed by atoms with Crippen LogP contribution in [0.2, 0.25) is 0 Å². The van der Waals surface area contributed by atoms with E-state index >= 15 is 0 Å². The van der Waals surface area contributed by atoms with Gasteiger partial charge in [-0.3, -0.25) is 9.59 Å². The first-order valence-electron chi connectivity index (χ1n) is 9.30. The number of hydrogen-bond donors (Lipinski definition) is 2. The van der Waals surface area contributed by atoms with Crippen LogP contribution < -0.4 is 11.1 Å². The summed E-state index contributed by atoms with van der Waals surface area (Å²) in [7, 11) is 0. The number of nitrogens with two attached hydrogens (primary N) is 1. The SMILES string of the molecule is Cc1ccc(-c2cc(C(=O)Nc3ccc(F)c(C(N)=O)c3)c3ccccc3n2)cc1. The Morgan fingerprint density at radius 1 is 0.933 bits per heavy atom. The molecule has 3 aromatic carbocycles. The van der Waals surface area contributed by atoms with Crippen LogP contribution in [-0.4, -0.2) is 16.8 Å². The highest BCUT2D eigenvalue weighted by atomic mass is 19.1. The number of halogens is 1. The number of para-hydroxylation sites is 1. The molecule has 5 nitrogen and oxygen atoms in total. The van der Waals surface area contributed by atoms with Crippen molar-refractivity contribution in [2.75, 3.05) is 5.32 Å². The zero-order valence-electron chi connectivity index (χ0n) is 16.1. The number of amides is 2. The van der Waals surface area contributed by atoms with E-state index in [2.05, 4.69) is 10.3 Å². The first-order chi connectivity index (χ1) is 14.4. The number of nitrogens with zero attached hydrogens (tertiary/aromatic N) is 1. The number of rotatable bonds is 4. The predicted molar refractivity (Wildman–Crippen MR) is 115 cm³/mol. The van der Waals surface area contributed by atoms with Crippen LogP contribution in [-0.2, 0) is 0 Å².